The van der Waals surface area contributed by atoms with Gasteiger partial charge in [-0.1, -0.05) is 12.8 Å². The molecule has 0 unspecified atom stereocenters. The predicted molar refractivity (Wildman–Crippen MR) is 97.1 cm³/mol. The molecule has 3 rings (SSSR count). The van der Waals surface area contributed by atoms with Crippen molar-refractivity contribution in [2.45, 2.75) is 70.4 Å². The van der Waals surface area contributed by atoms with Gasteiger partial charge in [0.25, 0.3) is 0 Å². The Morgan fingerprint density at radius 1 is 1.00 bits per heavy atom. The quantitative estimate of drug-likeness (QED) is 0.813. The first-order valence-electron chi connectivity index (χ1n) is 9.46. The maximum atomic E-state index is 12.7. The molecule has 5 nitrogen and oxygen atoms in total. The van der Waals surface area contributed by atoms with Crippen LogP contribution in [0.15, 0.2) is 0 Å². The van der Waals surface area contributed by atoms with Gasteiger partial charge in [-0.3, -0.25) is 9.59 Å². The summed E-state index contributed by atoms with van der Waals surface area (Å²) >= 11 is 0. The Balaban J connectivity index is 0.00000208. The summed E-state index contributed by atoms with van der Waals surface area (Å²) in [5.41, 5.74) is 0. The zero-order valence-electron chi connectivity index (χ0n) is 14.8. The number of nitrogens with one attached hydrogen (secondary N) is 2. The summed E-state index contributed by atoms with van der Waals surface area (Å²) < 4.78 is 0. The molecule has 0 spiro atoms. The monoisotopic (exact) mass is 357 g/mol. The van der Waals surface area contributed by atoms with Crippen LogP contribution >= 0.6 is 12.4 Å². The van der Waals surface area contributed by atoms with Crippen molar-refractivity contribution in [1.82, 2.24) is 15.5 Å². The van der Waals surface area contributed by atoms with E-state index in [0.717, 1.165) is 58.2 Å². The molecule has 3 aliphatic rings. The van der Waals surface area contributed by atoms with Crippen molar-refractivity contribution in [1.29, 1.82) is 0 Å². The summed E-state index contributed by atoms with van der Waals surface area (Å²) in [6.07, 6.45) is 8.26. The molecule has 0 bridgehead atoms. The number of carbonyl (C=O) groups is 2. The lowest BCUT2D eigenvalue weighted by Crippen LogP contribution is -2.54. The number of halogens is 1. The van der Waals surface area contributed by atoms with Crippen LogP contribution in [0.1, 0.15) is 58.3 Å². The van der Waals surface area contributed by atoms with Gasteiger partial charge in [0.2, 0.25) is 11.8 Å². The van der Waals surface area contributed by atoms with Crippen LogP contribution in [0.4, 0.5) is 0 Å². The van der Waals surface area contributed by atoms with Crippen LogP contribution in [0, 0.1) is 11.8 Å². The Morgan fingerprint density at radius 3 is 2.29 bits per heavy atom. The molecule has 1 atom stereocenters. The van der Waals surface area contributed by atoms with E-state index in [1.807, 2.05) is 0 Å². The highest BCUT2D eigenvalue weighted by Gasteiger charge is 2.33. The van der Waals surface area contributed by atoms with E-state index in [-0.39, 0.29) is 36.2 Å². The minimum atomic E-state index is 0. The molecule has 2 amide bonds. The van der Waals surface area contributed by atoms with Gasteiger partial charge in [0, 0.05) is 43.6 Å². The number of hydrogen-bond acceptors (Lipinski definition) is 3. The third kappa shape index (κ3) is 4.63. The van der Waals surface area contributed by atoms with Gasteiger partial charge in [0.1, 0.15) is 0 Å². The Bertz CT molecular complexity index is 432. The second-order valence-corrected chi connectivity index (χ2v) is 7.62. The zero-order chi connectivity index (χ0) is 16.2. The van der Waals surface area contributed by atoms with Crippen LogP contribution in [0.3, 0.4) is 0 Å². The van der Waals surface area contributed by atoms with Gasteiger partial charge in [-0.25, -0.2) is 0 Å². The van der Waals surface area contributed by atoms with E-state index in [9.17, 15) is 9.59 Å². The van der Waals surface area contributed by atoms with Gasteiger partial charge >= 0.3 is 0 Å². The maximum absolute atomic E-state index is 12.7. The number of hydrogen-bond donors (Lipinski definition) is 2. The van der Waals surface area contributed by atoms with Gasteiger partial charge < -0.3 is 15.5 Å². The molecule has 0 aromatic rings. The first kappa shape index (κ1) is 19.5. The molecular formula is C18H32ClN3O2. The highest BCUT2D eigenvalue weighted by molar-refractivity contribution is 5.85. The van der Waals surface area contributed by atoms with Gasteiger partial charge in [-0.05, 0) is 45.4 Å². The third-order valence-electron chi connectivity index (χ3n) is 5.93. The molecule has 138 valence electrons. The van der Waals surface area contributed by atoms with Crippen LogP contribution < -0.4 is 10.6 Å². The summed E-state index contributed by atoms with van der Waals surface area (Å²) in [5, 5.41) is 6.57. The summed E-state index contributed by atoms with van der Waals surface area (Å²) in [6, 6.07) is 0.587. The average molecular weight is 358 g/mol. The Hall–Kier alpha value is -0.810. The number of rotatable bonds is 3. The first-order valence-corrected chi connectivity index (χ1v) is 9.46. The topological polar surface area (TPSA) is 61.4 Å². The number of amides is 2. The van der Waals surface area contributed by atoms with Crippen LogP contribution in [0.5, 0.6) is 0 Å². The second kappa shape index (κ2) is 9.04. The molecule has 1 aliphatic heterocycles. The fourth-order valence-corrected chi connectivity index (χ4v) is 4.39. The van der Waals surface area contributed by atoms with Crippen LogP contribution in [0.2, 0.25) is 0 Å². The van der Waals surface area contributed by atoms with E-state index >= 15 is 0 Å². The zero-order valence-corrected chi connectivity index (χ0v) is 15.6. The minimum Gasteiger partial charge on any atom is -0.353 e. The fraction of sp³-hybridized carbons (Fsp3) is 0.889. The lowest BCUT2D eigenvalue weighted by Gasteiger charge is -2.38. The Kier molecular flexibility index (Phi) is 7.35. The number of nitrogens with zero attached hydrogens (tertiary/aromatic N) is 1. The van der Waals surface area contributed by atoms with Crippen LogP contribution in [-0.4, -0.2) is 48.4 Å². The minimum absolute atomic E-state index is 0. The SMILES string of the molecule is C[C@H]1CNCCN1C(=O)C1CCC(NC(=O)C2CCCC2)CC1.Cl. The van der Waals surface area contributed by atoms with Gasteiger partial charge in [0.05, 0.1) is 0 Å². The third-order valence-corrected chi connectivity index (χ3v) is 5.93. The highest BCUT2D eigenvalue weighted by atomic mass is 35.5. The molecule has 3 fully saturated rings. The number of carbonyl (C=O) groups excluding carboxylic acids is 2. The molecule has 24 heavy (non-hydrogen) atoms. The average Bonchev–Trinajstić information content (AvgIpc) is 3.10. The molecule has 6 heteroatoms. The van der Waals surface area contributed by atoms with E-state index < -0.39 is 0 Å². The summed E-state index contributed by atoms with van der Waals surface area (Å²) in [4.78, 5) is 27.0. The molecule has 2 aliphatic carbocycles. The molecule has 1 saturated heterocycles. The van der Waals surface area contributed by atoms with Crippen molar-refractivity contribution >= 4 is 24.2 Å². The molecule has 2 N–H and O–H groups in total. The molecular weight excluding hydrogens is 326 g/mol. The van der Waals surface area contributed by atoms with Crippen LogP contribution in [0.25, 0.3) is 0 Å². The van der Waals surface area contributed by atoms with Crippen molar-refractivity contribution < 1.29 is 9.59 Å². The summed E-state index contributed by atoms with van der Waals surface area (Å²) in [5.74, 6) is 0.999. The van der Waals surface area contributed by atoms with Crippen molar-refractivity contribution in [3.05, 3.63) is 0 Å². The Labute approximate surface area is 151 Å². The summed E-state index contributed by atoms with van der Waals surface area (Å²) in [7, 11) is 0. The highest BCUT2D eigenvalue weighted by Crippen LogP contribution is 2.29. The lowest BCUT2D eigenvalue weighted by atomic mass is 9.84. The fourth-order valence-electron chi connectivity index (χ4n) is 4.39. The normalized spacial score (nSPS) is 31.4. The number of piperazine rings is 1. The molecule has 0 radical (unpaired) electrons. The largest absolute Gasteiger partial charge is 0.353 e. The molecule has 2 saturated carbocycles. The molecule has 0 aromatic carbocycles. The maximum Gasteiger partial charge on any atom is 0.226 e. The lowest BCUT2D eigenvalue weighted by molar-refractivity contribution is -0.139. The Morgan fingerprint density at radius 2 is 1.67 bits per heavy atom. The van der Waals surface area contributed by atoms with Crippen LogP contribution in [-0.2, 0) is 9.59 Å². The summed E-state index contributed by atoms with van der Waals surface area (Å²) in [6.45, 7) is 4.76. The predicted octanol–water partition coefficient (Wildman–Crippen LogP) is 2.09. The smallest absolute Gasteiger partial charge is 0.226 e. The second-order valence-electron chi connectivity index (χ2n) is 7.62. The van der Waals surface area contributed by atoms with Gasteiger partial charge in [0.15, 0.2) is 0 Å². The van der Waals surface area contributed by atoms with Gasteiger partial charge in [-0.2, -0.15) is 0 Å². The standard InChI is InChI=1S/C18H31N3O2.ClH/c1-13-12-19-10-11-21(13)18(23)15-6-8-16(9-7-15)20-17(22)14-4-2-3-5-14;/h13-16,19H,2-12H2,1H3,(H,20,22);1H/t13-,15?,16?;/m0./s1. The van der Waals surface area contributed by atoms with E-state index in [0.29, 0.717) is 11.9 Å². The molecule has 0 aromatic heterocycles. The van der Waals surface area contributed by atoms with Crippen molar-refractivity contribution in [2.24, 2.45) is 11.8 Å². The van der Waals surface area contributed by atoms with Gasteiger partial charge in [-0.15, -0.1) is 12.4 Å². The van der Waals surface area contributed by atoms with E-state index in [4.69, 9.17) is 0 Å². The van der Waals surface area contributed by atoms with E-state index in [2.05, 4.69) is 22.5 Å². The van der Waals surface area contributed by atoms with E-state index in [1.54, 1.807) is 0 Å². The van der Waals surface area contributed by atoms with Crippen molar-refractivity contribution in [3.63, 3.8) is 0 Å². The van der Waals surface area contributed by atoms with E-state index in [1.165, 1.54) is 12.8 Å². The molecule has 1 heterocycles. The first-order chi connectivity index (χ1) is 11.1. The van der Waals surface area contributed by atoms with Crippen molar-refractivity contribution in [2.75, 3.05) is 19.6 Å². The van der Waals surface area contributed by atoms with Crippen molar-refractivity contribution in [3.8, 4) is 0 Å².